The fourth-order valence-corrected chi connectivity index (χ4v) is 2.26. The van der Waals surface area contributed by atoms with E-state index < -0.39 is 0 Å². The van der Waals surface area contributed by atoms with Crippen molar-refractivity contribution in [3.05, 3.63) is 48.3 Å². The van der Waals surface area contributed by atoms with Gasteiger partial charge in [0.05, 0.1) is 19.0 Å². The van der Waals surface area contributed by atoms with E-state index in [2.05, 4.69) is 36.8 Å². The zero-order valence-electron chi connectivity index (χ0n) is 11.2. The summed E-state index contributed by atoms with van der Waals surface area (Å²) in [5, 5.41) is 4.26. The number of aromatic nitrogens is 2. The molecular weight excluding hydrogens is 256 g/mol. The van der Waals surface area contributed by atoms with Gasteiger partial charge in [0.15, 0.2) is 5.75 Å². The molecule has 0 aliphatic carbocycles. The second kappa shape index (κ2) is 7.24. The molecule has 3 nitrogen and oxygen atoms in total. The highest BCUT2D eigenvalue weighted by Gasteiger charge is 2.11. The van der Waals surface area contributed by atoms with Crippen LogP contribution in [0.15, 0.2) is 42.7 Å². The molecule has 0 N–H and O–H groups in total. The minimum absolute atomic E-state index is 0.305. The second-order valence-electron chi connectivity index (χ2n) is 4.54. The number of rotatable bonds is 7. The zero-order chi connectivity index (χ0) is 13.5. The first-order valence-electron chi connectivity index (χ1n) is 6.64. The van der Waals surface area contributed by atoms with E-state index in [1.165, 1.54) is 5.56 Å². The first-order chi connectivity index (χ1) is 9.33. The van der Waals surface area contributed by atoms with Crippen LogP contribution in [-0.2, 0) is 6.54 Å². The quantitative estimate of drug-likeness (QED) is 0.785. The van der Waals surface area contributed by atoms with Gasteiger partial charge in [0, 0.05) is 18.2 Å². The zero-order valence-corrected chi connectivity index (χ0v) is 12.1. The highest BCUT2D eigenvalue weighted by molar-refractivity contribution is 7.80. The maximum absolute atomic E-state index is 5.81. The molecule has 4 heteroatoms. The largest absolute Gasteiger partial charge is 0.490 e. The molecule has 1 aromatic heterocycles. The standard InChI is InChI=1S/C15H20N2OS/c1-2-8-17-10-15(9-16-17)18-11-14(12-19)13-6-4-3-5-7-13/h3-7,9-10,14,19H,2,8,11-12H2,1H3. The molecule has 19 heavy (non-hydrogen) atoms. The molecule has 0 saturated carbocycles. The fourth-order valence-electron chi connectivity index (χ4n) is 1.95. The van der Waals surface area contributed by atoms with Crippen molar-refractivity contribution < 1.29 is 4.74 Å². The number of aryl methyl sites for hydroxylation is 1. The third-order valence-corrected chi connectivity index (χ3v) is 3.45. The Morgan fingerprint density at radius 2 is 2.11 bits per heavy atom. The van der Waals surface area contributed by atoms with Gasteiger partial charge >= 0.3 is 0 Å². The van der Waals surface area contributed by atoms with Gasteiger partial charge in [-0.05, 0) is 12.0 Å². The van der Waals surface area contributed by atoms with E-state index in [1.54, 1.807) is 6.20 Å². The molecule has 1 unspecified atom stereocenters. The van der Waals surface area contributed by atoms with E-state index in [0.29, 0.717) is 12.5 Å². The summed E-state index contributed by atoms with van der Waals surface area (Å²) in [6.07, 6.45) is 4.80. The van der Waals surface area contributed by atoms with Crippen molar-refractivity contribution in [1.29, 1.82) is 0 Å². The average Bonchev–Trinajstić information content (AvgIpc) is 2.89. The first kappa shape index (κ1) is 14.0. The summed E-state index contributed by atoms with van der Waals surface area (Å²) in [6, 6.07) is 10.3. The Balaban J connectivity index is 1.92. The molecule has 2 rings (SSSR count). The smallest absolute Gasteiger partial charge is 0.157 e. The molecule has 0 saturated heterocycles. The molecule has 0 fully saturated rings. The number of hydrogen-bond donors (Lipinski definition) is 1. The molecule has 102 valence electrons. The van der Waals surface area contributed by atoms with Gasteiger partial charge in [-0.25, -0.2) is 0 Å². The lowest BCUT2D eigenvalue weighted by atomic mass is 10.0. The van der Waals surface area contributed by atoms with E-state index in [0.717, 1.165) is 24.5 Å². The van der Waals surface area contributed by atoms with Gasteiger partial charge in [0.2, 0.25) is 0 Å². The van der Waals surface area contributed by atoms with E-state index >= 15 is 0 Å². The predicted octanol–water partition coefficient (Wildman–Crippen LogP) is 3.39. The first-order valence-corrected chi connectivity index (χ1v) is 7.27. The summed E-state index contributed by atoms with van der Waals surface area (Å²) in [5.41, 5.74) is 1.26. The highest BCUT2D eigenvalue weighted by atomic mass is 32.1. The topological polar surface area (TPSA) is 27.1 Å². The van der Waals surface area contributed by atoms with Gasteiger partial charge in [-0.15, -0.1) is 0 Å². The normalized spacial score (nSPS) is 12.3. The van der Waals surface area contributed by atoms with E-state index in [1.807, 2.05) is 29.1 Å². The van der Waals surface area contributed by atoms with Crippen LogP contribution in [0.3, 0.4) is 0 Å². The van der Waals surface area contributed by atoms with Crippen LogP contribution >= 0.6 is 12.6 Å². The second-order valence-corrected chi connectivity index (χ2v) is 4.91. The summed E-state index contributed by atoms with van der Waals surface area (Å²) >= 11 is 4.41. The molecular formula is C15H20N2OS. The lowest BCUT2D eigenvalue weighted by molar-refractivity contribution is 0.297. The fraction of sp³-hybridized carbons (Fsp3) is 0.400. The lowest BCUT2D eigenvalue weighted by Crippen LogP contribution is -2.11. The van der Waals surface area contributed by atoms with E-state index in [4.69, 9.17) is 4.74 Å². The summed E-state index contributed by atoms with van der Waals surface area (Å²) in [7, 11) is 0. The summed E-state index contributed by atoms with van der Waals surface area (Å²) in [4.78, 5) is 0. The number of ether oxygens (including phenoxy) is 1. The van der Waals surface area contributed by atoms with Crippen LogP contribution in [0.5, 0.6) is 5.75 Å². The SMILES string of the molecule is CCCn1cc(OCC(CS)c2ccccc2)cn1. The molecule has 2 aromatic rings. The van der Waals surface area contributed by atoms with Crippen LogP contribution in [0.4, 0.5) is 0 Å². The minimum atomic E-state index is 0.305. The number of nitrogens with zero attached hydrogens (tertiary/aromatic N) is 2. The minimum Gasteiger partial charge on any atom is -0.490 e. The van der Waals surface area contributed by atoms with Crippen molar-refractivity contribution >= 4 is 12.6 Å². The number of benzene rings is 1. The van der Waals surface area contributed by atoms with Gasteiger partial charge in [-0.2, -0.15) is 17.7 Å². The van der Waals surface area contributed by atoms with Gasteiger partial charge < -0.3 is 4.74 Å². The van der Waals surface area contributed by atoms with Crippen LogP contribution in [0.1, 0.15) is 24.8 Å². The Labute approximate surface area is 120 Å². The van der Waals surface area contributed by atoms with Gasteiger partial charge in [0.25, 0.3) is 0 Å². The van der Waals surface area contributed by atoms with Crippen molar-refractivity contribution in [2.24, 2.45) is 0 Å². The van der Waals surface area contributed by atoms with Gasteiger partial charge in [-0.1, -0.05) is 37.3 Å². The molecule has 1 aromatic carbocycles. The molecule has 0 aliphatic heterocycles. The Kier molecular flexibility index (Phi) is 5.33. The summed E-state index contributed by atoms with van der Waals surface area (Å²) in [5.74, 6) is 1.91. The third kappa shape index (κ3) is 4.03. The Morgan fingerprint density at radius 1 is 1.32 bits per heavy atom. The molecule has 0 spiro atoms. The van der Waals surface area contributed by atoms with Crippen molar-refractivity contribution in [3.8, 4) is 5.75 Å². The molecule has 0 amide bonds. The van der Waals surface area contributed by atoms with Crippen molar-refractivity contribution in [2.75, 3.05) is 12.4 Å². The van der Waals surface area contributed by atoms with Crippen LogP contribution in [0.2, 0.25) is 0 Å². The van der Waals surface area contributed by atoms with E-state index in [-0.39, 0.29) is 0 Å². The predicted molar refractivity (Wildman–Crippen MR) is 81.0 cm³/mol. The molecule has 0 bridgehead atoms. The number of thiol groups is 1. The van der Waals surface area contributed by atoms with Crippen LogP contribution in [0, 0.1) is 0 Å². The molecule has 1 heterocycles. The monoisotopic (exact) mass is 276 g/mol. The van der Waals surface area contributed by atoms with Crippen molar-refractivity contribution in [2.45, 2.75) is 25.8 Å². The average molecular weight is 276 g/mol. The maximum atomic E-state index is 5.81. The Morgan fingerprint density at radius 3 is 2.79 bits per heavy atom. The van der Waals surface area contributed by atoms with Crippen LogP contribution in [-0.4, -0.2) is 22.1 Å². The van der Waals surface area contributed by atoms with Crippen molar-refractivity contribution in [3.63, 3.8) is 0 Å². The number of hydrogen-bond acceptors (Lipinski definition) is 3. The maximum Gasteiger partial charge on any atom is 0.157 e. The Hall–Kier alpha value is -1.42. The molecule has 1 atom stereocenters. The molecule has 0 aliphatic rings. The van der Waals surface area contributed by atoms with Gasteiger partial charge in [-0.3, -0.25) is 4.68 Å². The summed E-state index contributed by atoms with van der Waals surface area (Å²) < 4.78 is 7.72. The summed E-state index contributed by atoms with van der Waals surface area (Å²) in [6.45, 7) is 3.69. The third-order valence-electron chi connectivity index (χ3n) is 3.00. The van der Waals surface area contributed by atoms with Gasteiger partial charge in [0.1, 0.15) is 0 Å². The lowest BCUT2D eigenvalue weighted by Gasteiger charge is -2.14. The van der Waals surface area contributed by atoms with Crippen LogP contribution < -0.4 is 4.74 Å². The Bertz CT molecular complexity index is 484. The molecule has 0 radical (unpaired) electrons. The highest BCUT2D eigenvalue weighted by Crippen LogP contribution is 2.19. The van der Waals surface area contributed by atoms with E-state index in [9.17, 15) is 0 Å². The van der Waals surface area contributed by atoms with Crippen molar-refractivity contribution in [1.82, 2.24) is 9.78 Å². The van der Waals surface area contributed by atoms with Crippen LogP contribution in [0.25, 0.3) is 0 Å².